The van der Waals surface area contributed by atoms with Crippen molar-refractivity contribution in [2.45, 2.75) is 25.7 Å². The normalized spacial score (nSPS) is 21.3. The summed E-state index contributed by atoms with van der Waals surface area (Å²) in [6.45, 7) is 0.889. The molecular formula is C11H17ClN2O. The molecule has 0 saturated heterocycles. The molecular weight excluding hydrogens is 212 g/mol. The van der Waals surface area contributed by atoms with Gasteiger partial charge in [0.25, 0.3) is 0 Å². The van der Waals surface area contributed by atoms with Gasteiger partial charge in [-0.2, -0.15) is 0 Å². The number of halogens is 1. The van der Waals surface area contributed by atoms with E-state index in [9.17, 15) is 0 Å². The third-order valence-corrected chi connectivity index (χ3v) is 2.70. The molecule has 0 amide bonds. The highest BCUT2D eigenvalue weighted by Gasteiger charge is 2.17. The van der Waals surface area contributed by atoms with Crippen LogP contribution < -0.4 is 5.73 Å². The molecule has 0 aliphatic carbocycles. The summed E-state index contributed by atoms with van der Waals surface area (Å²) in [6.07, 6.45) is 6.11. The van der Waals surface area contributed by atoms with Crippen molar-refractivity contribution in [2.75, 3.05) is 6.54 Å². The molecule has 0 radical (unpaired) electrons. The summed E-state index contributed by atoms with van der Waals surface area (Å²) in [7, 11) is 0. The zero-order valence-corrected chi connectivity index (χ0v) is 9.50. The van der Waals surface area contributed by atoms with E-state index in [0.717, 1.165) is 37.4 Å². The Morgan fingerprint density at radius 1 is 1.47 bits per heavy atom. The summed E-state index contributed by atoms with van der Waals surface area (Å²) in [5, 5.41) is 0. The highest BCUT2D eigenvalue weighted by atomic mass is 35.5. The molecule has 1 aliphatic heterocycles. The largest absolute Gasteiger partial charge is 0.469 e. The van der Waals surface area contributed by atoms with E-state index in [-0.39, 0.29) is 12.4 Å². The molecule has 4 heteroatoms. The molecule has 15 heavy (non-hydrogen) atoms. The monoisotopic (exact) mass is 228 g/mol. The van der Waals surface area contributed by atoms with Gasteiger partial charge in [-0.3, -0.25) is 4.99 Å². The van der Waals surface area contributed by atoms with Crippen molar-refractivity contribution in [3.63, 3.8) is 0 Å². The number of nitrogens with zero attached hydrogens (tertiary/aromatic N) is 1. The van der Waals surface area contributed by atoms with Crippen LogP contribution >= 0.6 is 12.4 Å². The lowest BCUT2D eigenvalue weighted by atomic mass is 9.97. The van der Waals surface area contributed by atoms with Crippen LogP contribution in [0.2, 0.25) is 0 Å². The first-order valence-corrected chi connectivity index (χ1v) is 5.18. The van der Waals surface area contributed by atoms with Gasteiger partial charge < -0.3 is 10.2 Å². The molecule has 0 bridgehead atoms. The molecule has 1 aliphatic rings. The molecule has 1 atom stereocenters. The van der Waals surface area contributed by atoms with E-state index in [4.69, 9.17) is 10.2 Å². The van der Waals surface area contributed by atoms with Crippen LogP contribution in [0.25, 0.3) is 0 Å². The van der Waals surface area contributed by atoms with Crippen LogP contribution in [-0.2, 0) is 6.42 Å². The van der Waals surface area contributed by atoms with E-state index >= 15 is 0 Å². The summed E-state index contributed by atoms with van der Waals surface area (Å²) in [4.78, 5) is 4.34. The van der Waals surface area contributed by atoms with Gasteiger partial charge in [0.15, 0.2) is 0 Å². The zero-order chi connectivity index (χ0) is 9.80. The minimum Gasteiger partial charge on any atom is -0.469 e. The fraction of sp³-hybridized carbons (Fsp3) is 0.545. The predicted octanol–water partition coefficient (Wildman–Crippen LogP) is 2.40. The lowest BCUT2D eigenvalue weighted by Crippen LogP contribution is -2.24. The smallest absolute Gasteiger partial charge is 0.104 e. The third-order valence-electron chi connectivity index (χ3n) is 2.70. The van der Waals surface area contributed by atoms with Crippen molar-refractivity contribution >= 4 is 18.2 Å². The van der Waals surface area contributed by atoms with Crippen LogP contribution in [0.5, 0.6) is 0 Å². The third kappa shape index (κ3) is 3.27. The first-order valence-electron chi connectivity index (χ1n) is 5.18. The topological polar surface area (TPSA) is 51.5 Å². The number of amidine groups is 1. The Hall–Kier alpha value is -0.960. The predicted molar refractivity (Wildman–Crippen MR) is 63.5 cm³/mol. The van der Waals surface area contributed by atoms with Crippen molar-refractivity contribution in [2.24, 2.45) is 16.6 Å². The average Bonchev–Trinajstić information content (AvgIpc) is 2.60. The highest BCUT2D eigenvalue weighted by molar-refractivity contribution is 5.85. The van der Waals surface area contributed by atoms with Gasteiger partial charge in [0.2, 0.25) is 0 Å². The molecule has 2 rings (SSSR count). The number of aliphatic imine (C=N–C) groups is 1. The van der Waals surface area contributed by atoms with E-state index in [2.05, 4.69) is 4.99 Å². The van der Waals surface area contributed by atoms with E-state index in [1.54, 1.807) is 6.26 Å². The molecule has 0 fully saturated rings. The van der Waals surface area contributed by atoms with E-state index in [1.807, 2.05) is 12.1 Å². The first-order chi connectivity index (χ1) is 6.86. The molecule has 3 nitrogen and oxygen atoms in total. The maximum atomic E-state index is 5.90. The Morgan fingerprint density at radius 3 is 3.07 bits per heavy atom. The second kappa shape index (κ2) is 5.81. The highest BCUT2D eigenvalue weighted by Crippen LogP contribution is 2.18. The van der Waals surface area contributed by atoms with Crippen LogP contribution in [0.1, 0.15) is 25.0 Å². The Labute approximate surface area is 96.2 Å². The Kier molecular flexibility index (Phi) is 4.69. The fourth-order valence-corrected chi connectivity index (χ4v) is 1.87. The molecule has 0 spiro atoms. The maximum Gasteiger partial charge on any atom is 0.104 e. The molecule has 0 saturated carbocycles. The van der Waals surface area contributed by atoms with Crippen molar-refractivity contribution in [3.8, 4) is 0 Å². The second-order valence-electron chi connectivity index (χ2n) is 3.78. The molecule has 0 aromatic carbocycles. The quantitative estimate of drug-likeness (QED) is 0.845. The molecule has 1 aromatic rings. The number of hydrogen-bond donors (Lipinski definition) is 1. The lowest BCUT2D eigenvalue weighted by Gasteiger charge is -2.12. The second-order valence-corrected chi connectivity index (χ2v) is 3.78. The van der Waals surface area contributed by atoms with Crippen LogP contribution in [-0.4, -0.2) is 12.4 Å². The van der Waals surface area contributed by atoms with E-state index in [0.29, 0.717) is 5.92 Å². The Morgan fingerprint density at radius 2 is 2.33 bits per heavy atom. The van der Waals surface area contributed by atoms with E-state index in [1.165, 1.54) is 6.42 Å². The van der Waals surface area contributed by atoms with Gasteiger partial charge in [0, 0.05) is 18.9 Å². The summed E-state index contributed by atoms with van der Waals surface area (Å²) in [5.74, 6) is 2.19. The lowest BCUT2D eigenvalue weighted by molar-refractivity contribution is 0.469. The van der Waals surface area contributed by atoms with Crippen LogP contribution in [0.4, 0.5) is 0 Å². The fourth-order valence-electron chi connectivity index (χ4n) is 1.87. The van der Waals surface area contributed by atoms with Crippen LogP contribution in [0, 0.1) is 5.92 Å². The summed E-state index contributed by atoms with van der Waals surface area (Å²) < 4.78 is 5.31. The van der Waals surface area contributed by atoms with Gasteiger partial charge in [0.05, 0.1) is 12.1 Å². The van der Waals surface area contributed by atoms with Crippen molar-refractivity contribution in [3.05, 3.63) is 24.2 Å². The summed E-state index contributed by atoms with van der Waals surface area (Å²) >= 11 is 0. The van der Waals surface area contributed by atoms with Gasteiger partial charge >= 0.3 is 0 Å². The van der Waals surface area contributed by atoms with Crippen molar-refractivity contribution in [1.82, 2.24) is 0 Å². The molecule has 2 heterocycles. The average molecular weight is 229 g/mol. The molecule has 1 aromatic heterocycles. The van der Waals surface area contributed by atoms with Crippen molar-refractivity contribution < 1.29 is 4.42 Å². The van der Waals surface area contributed by atoms with Gasteiger partial charge in [-0.05, 0) is 25.0 Å². The van der Waals surface area contributed by atoms with Gasteiger partial charge in [-0.25, -0.2) is 0 Å². The number of furan rings is 1. The first kappa shape index (κ1) is 12.1. The zero-order valence-electron chi connectivity index (χ0n) is 8.69. The van der Waals surface area contributed by atoms with Gasteiger partial charge in [-0.15, -0.1) is 12.4 Å². The number of nitrogens with two attached hydrogens (primary N) is 1. The van der Waals surface area contributed by atoms with Crippen LogP contribution in [0.15, 0.2) is 27.8 Å². The minimum absolute atomic E-state index is 0. The molecule has 1 unspecified atom stereocenters. The van der Waals surface area contributed by atoms with Gasteiger partial charge in [-0.1, -0.05) is 6.42 Å². The number of hydrogen-bond acceptors (Lipinski definition) is 3. The Balaban J connectivity index is 0.00000112. The standard InChI is InChI=1S/C11H16N2O.ClH/c12-11-9(4-1-2-6-13-11)8-10-5-3-7-14-10;/h3,5,7,9H,1-2,4,6,8H2,(H2,12,13);1H. The van der Waals surface area contributed by atoms with Crippen molar-refractivity contribution in [1.29, 1.82) is 0 Å². The van der Waals surface area contributed by atoms with Crippen LogP contribution in [0.3, 0.4) is 0 Å². The SMILES string of the molecule is Cl.NC1=NCCCCC1Cc1ccco1. The molecule has 2 N–H and O–H groups in total. The summed E-state index contributed by atoms with van der Waals surface area (Å²) in [6, 6.07) is 3.91. The van der Waals surface area contributed by atoms with Gasteiger partial charge in [0.1, 0.15) is 5.76 Å². The summed E-state index contributed by atoms with van der Waals surface area (Å²) in [5.41, 5.74) is 5.90. The maximum absolute atomic E-state index is 5.90. The minimum atomic E-state index is 0. The Bertz CT molecular complexity index is 308. The number of rotatable bonds is 2. The van der Waals surface area contributed by atoms with E-state index < -0.39 is 0 Å². The molecule has 84 valence electrons.